The first kappa shape index (κ1) is 23.7. The van der Waals surface area contributed by atoms with Crippen molar-refractivity contribution in [3.8, 4) is 0 Å². The second kappa shape index (κ2) is 9.96. The first-order valence-corrected chi connectivity index (χ1v) is 10.9. The lowest BCUT2D eigenvalue weighted by molar-refractivity contribution is -0.137. The van der Waals surface area contributed by atoms with E-state index in [0.717, 1.165) is 43.9 Å². The molecule has 0 atom stereocenters. The van der Waals surface area contributed by atoms with Crippen molar-refractivity contribution in [3.05, 3.63) is 29.6 Å². The fourth-order valence-electron chi connectivity index (χ4n) is 3.66. The minimum Gasteiger partial charge on any atom is -0.327 e. The van der Waals surface area contributed by atoms with Gasteiger partial charge in [0.2, 0.25) is 0 Å². The summed E-state index contributed by atoms with van der Waals surface area (Å²) in [4.78, 5) is 7.12. The van der Waals surface area contributed by atoms with E-state index in [1.54, 1.807) is 6.07 Å². The molecule has 2 aromatic rings. The third-order valence-electron chi connectivity index (χ3n) is 5.26. The minimum absolute atomic E-state index is 0.235. The molecule has 0 saturated heterocycles. The van der Waals surface area contributed by atoms with Gasteiger partial charge in [0.05, 0.1) is 16.6 Å². The molecule has 29 heavy (non-hydrogen) atoms. The van der Waals surface area contributed by atoms with E-state index in [1.165, 1.54) is 37.8 Å². The highest BCUT2D eigenvalue weighted by molar-refractivity contribution is 5.77. The second-order valence-electron chi connectivity index (χ2n) is 8.94. The first-order valence-electron chi connectivity index (χ1n) is 10.9. The van der Waals surface area contributed by atoms with Gasteiger partial charge in [-0.25, -0.2) is 4.98 Å². The monoisotopic (exact) mass is 411 g/mol. The van der Waals surface area contributed by atoms with Crippen LogP contribution in [0.2, 0.25) is 0 Å². The molecule has 0 N–H and O–H groups in total. The summed E-state index contributed by atoms with van der Waals surface area (Å²) in [5.74, 6) is 0.848. The van der Waals surface area contributed by atoms with Gasteiger partial charge in [-0.3, -0.25) is 0 Å². The van der Waals surface area contributed by atoms with Crippen molar-refractivity contribution in [2.24, 2.45) is 0 Å². The molecular formula is C23H36F3N3. The summed E-state index contributed by atoms with van der Waals surface area (Å²) in [6.45, 7) is 14.6. The summed E-state index contributed by atoms with van der Waals surface area (Å²) in [6, 6.07) is 3.92. The van der Waals surface area contributed by atoms with Crippen LogP contribution in [0.5, 0.6) is 0 Å². The zero-order valence-corrected chi connectivity index (χ0v) is 18.6. The molecule has 0 fully saturated rings. The SMILES string of the molecule is CCCCN(CCCC)CCCn1c(C(C)(C)C)nc2cc(C(F)(F)F)ccc21. The second-order valence-corrected chi connectivity index (χ2v) is 8.94. The van der Waals surface area contributed by atoms with Gasteiger partial charge in [-0.05, 0) is 57.1 Å². The van der Waals surface area contributed by atoms with E-state index < -0.39 is 11.7 Å². The number of benzene rings is 1. The first-order chi connectivity index (χ1) is 13.6. The number of unbranched alkanes of at least 4 members (excludes halogenated alkanes) is 2. The highest BCUT2D eigenvalue weighted by atomic mass is 19.4. The van der Waals surface area contributed by atoms with Gasteiger partial charge in [0.15, 0.2) is 0 Å². The van der Waals surface area contributed by atoms with Gasteiger partial charge in [-0.2, -0.15) is 13.2 Å². The smallest absolute Gasteiger partial charge is 0.327 e. The number of hydrogen-bond donors (Lipinski definition) is 0. The van der Waals surface area contributed by atoms with Crippen LogP contribution in [0.3, 0.4) is 0 Å². The Bertz CT molecular complexity index is 764. The number of hydrogen-bond acceptors (Lipinski definition) is 2. The predicted octanol–water partition coefficient (Wildman–Crippen LogP) is 6.64. The van der Waals surface area contributed by atoms with Gasteiger partial charge in [-0.15, -0.1) is 0 Å². The summed E-state index contributed by atoms with van der Waals surface area (Å²) in [7, 11) is 0. The van der Waals surface area contributed by atoms with Crippen LogP contribution in [0, 0.1) is 0 Å². The number of halogens is 3. The number of aryl methyl sites for hydroxylation is 1. The Balaban J connectivity index is 2.23. The molecule has 1 aromatic heterocycles. The number of nitrogens with zero attached hydrogens (tertiary/aromatic N) is 3. The summed E-state index contributed by atoms with van der Waals surface area (Å²) >= 11 is 0. The van der Waals surface area contributed by atoms with Crippen LogP contribution < -0.4 is 0 Å². The number of rotatable bonds is 10. The molecule has 0 aliphatic rings. The van der Waals surface area contributed by atoms with Crippen molar-refractivity contribution >= 4 is 11.0 Å². The molecule has 1 aromatic carbocycles. The Kier molecular flexibility index (Phi) is 8.15. The molecule has 0 aliphatic heterocycles. The standard InChI is InChI=1S/C23H36F3N3/c1-6-8-13-28(14-9-7-2)15-10-16-29-20-12-11-18(23(24,25)26)17-19(20)27-21(29)22(3,4)5/h11-12,17H,6-10,13-16H2,1-5H3. The highest BCUT2D eigenvalue weighted by Crippen LogP contribution is 2.33. The van der Waals surface area contributed by atoms with E-state index in [4.69, 9.17) is 0 Å². The van der Waals surface area contributed by atoms with Gasteiger partial charge in [0, 0.05) is 12.0 Å². The zero-order valence-electron chi connectivity index (χ0n) is 18.6. The molecule has 6 heteroatoms. The average molecular weight is 412 g/mol. The Morgan fingerprint density at radius 3 is 2.03 bits per heavy atom. The summed E-state index contributed by atoms with van der Waals surface area (Å²) < 4.78 is 41.5. The Labute approximate surface area is 173 Å². The van der Waals surface area contributed by atoms with E-state index in [0.29, 0.717) is 5.52 Å². The van der Waals surface area contributed by atoms with E-state index >= 15 is 0 Å². The zero-order chi connectivity index (χ0) is 21.7. The van der Waals surface area contributed by atoms with E-state index in [1.807, 2.05) is 0 Å². The fraction of sp³-hybridized carbons (Fsp3) is 0.696. The third kappa shape index (κ3) is 6.46. The van der Waals surface area contributed by atoms with Crippen molar-refractivity contribution in [3.63, 3.8) is 0 Å². The lowest BCUT2D eigenvalue weighted by Crippen LogP contribution is -2.28. The Hall–Kier alpha value is -1.56. The van der Waals surface area contributed by atoms with Gasteiger partial charge >= 0.3 is 6.18 Å². The van der Waals surface area contributed by atoms with Crippen molar-refractivity contribution in [2.75, 3.05) is 19.6 Å². The fourth-order valence-corrected chi connectivity index (χ4v) is 3.66. The van der Waals surface area contributed by atoms with Gasteiger partial charge in [0.25, 0.3) is 0 Å². The molecule has 164 valence electrons. The number of aromatic nitrogens is 2. The topological polar surface area (TPSA) is 21.1 Å². The van der Waals surface area contributed by atoms with E-state index in [9.17, 15) is 13.2 Å². The molecule has 0 unspecified atom stereocenters. The molecule has 0 bridgehead atoms. The van der Waals surface area contributed by atoms with Gasteiger partial charge in [0.1, 0.15) is 5.82 Å². The van der Waals surface area contributed by atoms with Crippen LogP contribution in [0.15, 0.2) is 18.2 Å². The Morgan fingerprint density at radius 2 is 1.52 bits per heavy atom. The van der Waals surface area contributed by atoms with Crippen LogP contribution in [0.1, 0.15) is 78.1 Å². The van der Waals surface area contributed by atoms with Crippen LogP contribution in [0.25, 0.3) is 11.0 Å². The molecule has 2 rings (SSSR count). The van der Waals surface area contributed by atoms with Crippen molar-refractivity contribution in [2.45, 2.75) is 84.9 Å². The average Bonchev–Trinajstić information content (AvgIpc) is 3.01. The van der Waals surface area contributed by atoms with Crippen molar-refractivity contribution in [1.29, 1.82) is 0 Å². The van der Waals surface area contributed by atoms with E-state index in [2.05, 4.69) is 49.1 Å². The predicted molar refractivity (Wildman–Crippen MR) is 114 cm³/mol. The lowest BCUT2D eigenvalue weighted by Gasteiger charge is -2.24. The quantitative estimate of drug-likeness (QED) is 0.437. The van der Waals surface area contributed by atoms with Crippen LogP contribution in [-0.4, -0.2) is 34.1 Å². The summed E-state index contributed by atoms with van der Waals surface area (Å²) in [6.07, 6.45) is 1.38. The largest absolute Gasteiger partial charge is 0.416 e. The lowest BCUT2D eigenvalue weighted by atomic mass is 9.95. The maximum Gasteiger partial charge on any atom is 0.416 e. The molecule has 0 amide bonds. The molecule has 3 nitrogen and oxygen atoms in total. The molecular weight excluding hydrogens is 375 g/mol. The maximum absolute atomic E-state index is 13.1. The summed E-state index contributed by atoms with van der Waals surface area (Å²) in [5, 5.41) is 0. The van der Waals surface area contributed by atoms with Crippen LogP contribution in [-0.2, 0) is 18.1 Å². The number of fused-ring (bicyclic) bond motifs is 1. The molecule has 0 saturated carbocycles. The molecule has 0 radical (unpaired) electrons. The third-order valence-corrected chi connectivity index (χ3v) is 5.26. The number of imidazole rings is 1. The van der Waals surface area contributed by atoms with Gasteiger partial charge in [-0.1, -0.05) is 47.5 Å². The highest BCUT2D eigenvalue weighted by Gasteiger charge is 2.31. The molecule has 0 aliphatic carbocycles. The molecule has 1 heterocycles. The molecule has 0 spiro atoms. The normalized spacial score (nSPS) is 13.0. The van der Waals surface area contributed by atoms with Crippen molar-refractivity contribution < 1.29 is 13.2 Å². The van der Waals surface area contributed by atoms with Crippen molar-refractivity contribution in [1.82, 2.24) is 14.5 Å². The number of alkyl halides is 3. The van der Waals surface area contributed by atoms with Crippen LogP contribution >= 0.6 is 0 Å². The van der Waals surface area contributed by atoms with Gasteiger partial charge < -0.3 is 9.47 Å². The summed E-state index contributed by atoms with van der Waals surface area (Å²) in [5.41, 5.74) is 0.345. The maximum atomic E-state index is 13.1. The van der Waals surface area contributed by atoms with Crippen LogP contribution in [0.4, 0.5) is 13.2 Å². The van der Waals surface area contributed by atoms with E-state index in [-0.39, 0.29) is 5.41 Å². The minimum atomic E-state index is -4.35. The Morgan fingerprint density at radius 1 is 0.931 bits per heavy atom.